The predicted octanol–water partition coefficient (Wildman–Crippen LogP) is 3.46. The van der Waals surface area contributed by atoms with Gasteiger partial charge in [-0.1, -0.05) is 11.6 Å². The molecule has 2 N–H and O–H groups in total. The summed E-state index contributed by atoms with van der Waals surface area (Å²) in [6, 6.07) is 11.0. The standard InChI is InChI=1S/C18H12ClN3O4/c19-12-3-5-14(15(8-12)18(24)25)16-6-4-13(26-16)10-21-22-17(23)11-2-1-7-20-9-11/h1-10H,(H,22,23)(H,24,25)/b21-10+. The lowest BCUT2D eigenvalue weighted by atomic mass is 10.1. The van der Waals surface area contributed by atoms with Crippen molar-refractivity contribution in [2.45, 2.75) is 0 Å². The summed E-state index contributed by atoms with van der Waals surface area (Å²) in [7, 11) is 0. The number of aromatic carboxylic acids is 1. The third-order valence-corrected chi connectivity index (χ3v) is 3.62. The van der Waals surface area contributed by atoms with Crippen LogP contribution in [0.4, 0.5) is 0 Å². The van der Waals surface area contributed by atoms with Gasteiger partial charge < -0.3 is 9.52 Å². The smallest absolute Gasteiger partial charge is 0.336 e. The maximum atomic E-state index is 11.8. The van der Waals surface area contributed by atoms with Crippen LogP contribution < -0.4 is 5.43 Å². The normalized spacial score (nSPS) is 10.8. The van der Waals surface area contributed by atoms with E-state index in [0.717, 1.165) is 0 Å². The number of nitrogens with zero attached hydrogens (tertiary/aromatic N) is 2. The molecule has 3 aromatic rings. The van der Waals surface area contributed by atoms with Gasteiger partial charge in [-0.25, -0.2) is 10.2 Å². The van der Waals surface area contributed by atoms with Crippen molar-refractivity contribution in [3.63, 3.8) is 0 Å². The quantitative estimate of drug-likeness (QED) is 0.529. The van der Waals surface area contributed by atoms with Crippen molar-refractivity contribution in [1.82, 2.24) is 10.4 Å². The van der Waals surface area contributed by atoms with Gasteiger partial charge in [0.2, 0.25) is 0 Å². The van der Waals surface area contributed by atoms with Crippen molar-refractivity contribution in [2.24, 2.45) is 5.10 Å². The number of furan rings is 1. The largest absolute Gasteiger partial charge is 0.478 e. The van der Waals surface area contributed by atoms with E-state index in [1.54, 1.807) is 42.6 Å². The Morgan fingerprint density at radius 2 is 2.08 bits per heavy atom. The number of benzene rings is 1. The Bertz CT molecular complexity index is 983. The summed E-state index contributed by atoms with van der Waals surface area (Å²) >= 11 is 5.84. The highest BCUT2D eigenvalue weighted by Gasteiger charge is 2.15. The van der Waals surface area contributed by atoms with Crippen molar-refractivity contribution in [3.8, 4) is 11.3 Å². The van der Waals surface area contributed by atoms with Crippen molar-refractivity contribution < 1.29 is 19.1 Å². The summed E-state index contributed by atoms with van der Waals surface area (Å²) in [5.41, 5.74) is 3.14. The van der Waals surface area contributed by atoms with Gasteiger partial charge in [-0.05, 0) is 42.5 Å². The van der Waals surface area contributed by atoms with Crippen LogP contribution in [0.25, 0.3) is 11.3 Å². The van der Waals surface area contributed by atoms with E-state index >= 15 is 0 Å². The molecule has 8 heteroatoms. The third kappa shape index (κ3) is 3.96. The Labute approximate surface area is 152 Å². The van der Waals surface area contributed by atoms with Crippen LogP contribution in [0.1, 0.15) is 26.5 Å². The molecule has 0 bridgehead atoms. The lowest BCUT2D eigenvalue weighted by Gasteiger charge is -2.03. The van der Waals surface area contributed by atoms with E-state index in [9.17, 15) is 14.7 Å². The lowest BCUT2D eigenvalue weighted by molar-refractivity contribution is 0.0697. The SMILES string of the molecule is O=C(N/N=C/c1ccc(-c2ccc(Cl)cc2C(=O)O)o1)c1cccnc1. The zero-order valence-corrected chi connectivity index (χ0v) is 14.0. The highest BCUT2D eigenvalue weighted by atomic mass is 35.5. The average molecular weight is 370 g/mol. The maximum Gasteiger partial charge on any atom is 0.336 e. The molecule has 0 saturated carbocycles. The molecular weight excluding hydrogens is 358 g/mol. The number of carbonyl (C=O) groups is 2. The summed E-state index contributed by atoms with van der Waals surface area (Å²) in [5, 5.41) is 13.4. The highest BCUT2D eigenvalue weighted by molar-refractivity contribution is 6.31. The molecule has 0 fully saturated rings. The second kappa shape index (κ2) is 7.62. The molecule has 26 heavy (non-hydrogen) atoms. The minimum Gasteiger partial charge on any atom is -0.478 e. The summed E-state index contributed by atoms with van der Waals surface area (Å²) in [5.74, 6) is -0.832. The molecule has 2 heterocycles. The number of hydrogen-bond acceptors (Lipinski definition) is 5. The predicted molar refractivity (Wildman–Crippen MR) is 95.4 cm³/mol. The fourth-order valence-electron chi connectivity index (χ4n) is 2.19. The molecule has 130 valence electrons. The van der Waals surface area contributed by atoms with Crippen LogP contribution in [-0.2, 0) is 0 Å². The molecular formula is C18H12ClN3O4. The van der Waals surface area contributed by atoms with E-state index in [-0.39, 0.29) is 5.56 Å². The summed E-state index contributed by atoms with van der Waals surface area (Å²) < 4.78 is 5.57. The van der Waals surface area contributed by atoms with Gasteiger partial charge in [0.25, 0.3) is 5.91 Å². The van der Waals surface area contributed by atoms with Crippen LogP contribution in [0.3, 0.4) is 0 Å². The van der Waals surface area contributed by atoms with Crippen molar-refractivity contribution >= 4 is 29.7 Å². The van der Waals surface area contributed by atoms with Crippen LogP contribution >= 0.6 is 11.6 Å². The number of halogens is 1. The first-order chi connectivity index (χ1) is 12.5. The van der Waals surface area contributed by atoms with E-state index in [1.807, 2.05) is 0 Å². The van der Waals surface area contributed by atoms with E-state index in [0.29, 0.717) is 27.7 Å². The number of pyridine rings is 1. The van der Waals surface area contributed by atoms with E-state index in [4.69, 9.17) is 16.0 Å². The molecule has 1 amide bonds. The van der Waals surface area contributed by atoms with Crippen molar-refractivity contribution in [2.75, 3.05) is 0 Å². The Morgan fingerprint density at radius 3 is 2.81 bits per heavy atom. The molecule has 0 saturated heterocycles. The molecule has 0 aliphatic heterocycles. The van der Waals surface area contributed by atoms with Gasteiger partial charge in [0.05, 0.1) is 17.3 Å². The number of carbonyl (C=O) groups excluding carboxylic acids is 1. The van der Waals surface area contributed by atoms with Gasteiger partial charge in [0, 0.05) is 23.0 Å². The van der Waals surface area contributed by atoms with E-state index in [2.05, 4.69) is 15.5 Å². The Morgan fingerprint density at radius 1 is 1.23 bits per heavy atom. The van der Waals surface area contributed by atoms with E-state index < -0.39 is 11.9 Å². The monoisotopic (exact) mass is 369 g/mol. The van der Waals surface area contributed by atoms with Gasteiger partial charge in [-0.15, -0.1) is 0 Å². The molecule has 0 radical (unpaired) electrons. The Kier molecular flexibility index (Phi) is 5.09. The van der Waals surface area contributed by atoms with Gasteiger partial charge in [0.15, 0.2) is 0 Å². The number of hydrogen-bond donors (Lipinski definition) is 2. The first-order valence-electron chi connectivity index (χ1n) is 7.41. The molecule has 1 aromatic carbocycles. The molecule has 0 unspecified atom stereocenters. The summed E-state index contributed by atoms with van der Waals surface area (Å²) in [6.07, 6.45) is 4.30. The lowest BCUT2D eigenvalue weighted by Crippen LogP contribution is -2.17. The molecule has 7 nitrogen and oxygen atoms in total. The van der Waals surface area contributed by atoms with Crippen LogP contribution in [0.5, 0.6) is 0 Å². The Hall–Kier alpha value is -3.45. The summed E-state index contributed by atoms with van der Waals surface area (Å²) in [4.78, 5) is 27.0. The van der Waals surface area contributed by atoms with Crippen LogP contribution in [0.2, 0.25) is 5.02 Å². The van der Waals surface area contributed by atoms with Crippen molar-refractivity contribution in [3.05, 3.63) is 76.8 Å². The number of aromatic nitrogens is 1. The first-order valence-corrected chi connectivity index (χ1v) is 7.79. The molecule has 0 aliphatic carbocycles. The third-order valence-electron chi connectivity index (χ3n) is 3.39. The zero-order valence-electron chi connectivity index (χ0n) is 13.2. The summed E-state index contributed by atoms with van der Waals surface area (Å²) in [6.45, 7) is 0. The fourth-order valence-corrected chi connectivity index (χ4v) is 2.36. The number of carboxylic acid groups (broad SMARTS) is 1. The van der Waals surface area contributed by atoms with E-state index in [1.165, 1.54) is 18.5 Å². The van der Waals surface area contributed by atoms with Gasteiger partial charge >= 0.3 is 5.97 Å². The number of nitrogens with one attached hydrogen (secondary N) is 1. The van der Waals surface area contributed by atoms with Crippen LogP contribution in [0.15, 0.2) is 64.4 Å². The number of amides is 1. The van der Waals surface area contributed by atoms with Crippen molar-refractivity contribution in [1.29, 1.82) is 0 Å². The topological polar surface area (TPSA) is 105 Å². The molecule has 0 atom stereocenters. The van der Waals surface area contributed by atoms with Gasteiger partial charge in [0.1, 0.15) is 11.5 Å². The second-order valence-corrected chi connectivity index (χ2v) is 5.57. The van der Waals surface area contributed by atoms with Gasteiger partial charge in [-0.2, -0.15) is 5.10 Å². The zero-order chi connectivity index (χ0) is 18.5. The Balaban J connectivity index is 1.75. The minimum atomic E-state index is -1.11. The molecule has 2 aromatic heterocycles. The van der Waals surface area contributed by atoms with Gasteiger partial charge in [-0.3, -0.25) is 9.78 Å². The highest BCUT2D eigenvalue weighted by Crippen LogP contribution is 2.28. The fraction of sp³-hybridized carbons (Fsp3) is 0. The number of rotatable bonds is 5. The first kappa shape index (κ1) is 17.4. The van der Waals surface area contributed by atoms with Crippen LogP contribution in [-0.4, -0.2) is 28.2 Å². The molecule has 3 rings (SSSR count). The molecule has 0 aliphatic rings. The number of carboxylic acids is 1. The number of hydrazone groups is 1. The average Bonchev–Trinajstić information content (AvgIpc) is 3.11. The maximum absolute atomic E-state index is 11.8. The second-order valence-electron chi connectivity index (χ2n) is 5.14. The van der Waals surface area contributed by atoms with Crippen LogP contribution in [0, 0.1) is 0 Å². The minimum absolute atomic E-state index is 0.0280. The molecule has 0 spiro atoms.